The van der Waals surface area contributed by atoms with Crippen molar-refractivity contribution >= 4 is 17.6 Å². The van der Waals surface area contributed by atoms with Gasteiger partial charge in [-0.2, -0.15) is 5.26 Å². The molecule has 33 heavy (non-hydrogen) atoms. The minimum atomic E-state index is -0.701. The number of aryl methyl sites for hydroxylation is 2. The summed E-state index contributed by atoms with van der Waals surface area (Å²) < 4.78 is 10.4. The Kier molecular flexibility index (Phi) is 9.48. The Morgan fingerprint density at radius 1 is 1.06 bits per heavy atom. The van der Waals surface area contributed by atoms with Crippen molar-refractivity contribution in [3.8, 4) is 17.2 Å². The molecule has 0 saturated heterocycles. The summed E-state index contributed by atoms with van der Waals surface area (Å²) in [6.45, 7) is 3.43. The third kappa shape index (κ3) is 6.59. The molecule has 174 valence electrons. The zero-order chi connectivity index (χ0) is 24.4. The highest BCUT2D eigenvalue weighted by Crippen LogP contribution is 2.34. The molecule has 2 aromatic rings. The van der Waals surface area contributed by atoms with E-state index in [-0.39, 0.29) is 29.0 Å². The van der Waals surface area contributed by atoms with Crippen molar-refractivity contribution in [2.24, 2.45) is 0 Å². The van der Waals surface area contributed by atoms with Gasteiger partial charge >= 0.3 is 11.9 Å². The normalized spacial score (nSPS) is 10.4. The van der Waals surface area contributed by atoms with E-state index >= 15 is 0 Å². The van der Waals surface area contributed by atoms with Crippen LogP contribution in [0.5, 0.6) is 0 Å². The van der Waals surface area contributed by atoms with Crippen LogP contribution in [0.1, 0.15) is 70.6 Å². The van der Waals surface area contributed by atoms with E-state index in [1.807, 2.05) is 0 Å². The second kappa shape index (κ2) is 12.3. The van der Waals surface area contributed by atoms with Crippen LogP contribution in [0.2, 0.25) is 0 Å². The van der Waals surface area contributed by atoms with Gasteiger partial charge in [0.25, 0.3) is 5.69 Å². The first-order valence-electron chi connectivity index (χ1n) is 10.7. The van der Waals surface area contributed by atoms with Gasteiger partial charge in [0, 0.05) is 24.1 Å². The van der Waals surface area contributed by atoms with Gasteiger partial charge in [-0.05, 0) is 32.3 Å². The van der Waals surface area contributed by atoms with Gasteiger partial charge in [0.2, 0.25) is 0 Å². The summed E-state index contributed by atoms with van der Waals surface area (Å²) in [6.07, 6.45) is 4.80. The molecule has 1 aromatic heterocycles. The van der Waals surface area contributed by atoms with Gasteiger partial charge in [0.1, 0.15) is 0 Å². The van der Waals surface area contributed by atoms with Gasteiger partial charge in [0.15, 0.2) is 0 Å². The molecule has 0 saturated carbocycles. The fourth-order valence-corrected chi connectivity index (χ4v) is 3.59. The Morgan fingerprint density at radius 3 is 2.33 bits per heavy atom. The van der Waals surface area contributed by atoms with E-state index in [9.17, 15) is 19.7 Å². The number of pyridine rings is 1. The molecule has 2 rings (SSSR count). The van der Waals surface area contributed by atoms with E-state index in [0.717, 1.165) is 25.7 Å². The number of rotatable bonds is 11. The number of aromatic nitrogens is 1. The fourth-order valence-electron chi connectivity index (χ4n) is 3.59. The van der Waals surface area contributed by atoms with Crippen LogP contribution in [0, 0.1) is 35.3 Å². The smallest absolute Gasteiger partial charge is 0.340 e. The molecule has 0 aliphatic carbocycles. The van der Waals surface area contributed by atoms with Crippen molar-refractivity contribution in [2.45, 2.75) is 52.4 Å². The minimum absolute atomic E-state index is 0.0630. The Hall–Kier alpha value is -3.80. The summed E-state index contributed by atoms with van der Waals surface area (Å²) in [5.41, 5.74) is 1.19. The van der Waals surface area contributed by atoms with Crippen LogP contribution in [0.25, 0.3) is 11.1 Å². The molecular weight excluding hydrogens is 426 g/mol. The lowest BCUT2D eigenvalue weighted by Crippen LogP contribution is -2.17. The largest absolute Gasteiger partial charge is 0.465 e. The molecule has 0 amide bonds. The molecule has 9 nitrogen and oxygen atoms in total. The summed E-state index contributed by atoms with van der Waals surface area (Å²) in [5.74, 6) is -1.36. The summed E-state index contributed by atoms with van der Waals surface area (Å²) in [6, 6.07) is 7.82. The van der Waals surface area contributed by atoms with Gasteiger partial charge in [-0.25, -0.2) is 9.59 Å². The van der Waals surface area contributed by atoms with Crippen molar-refractivity contribution in [3.05, 3.63) is 56.9 Å². The van der Waals surface area contributed by atoms with Gasteiger partial charge in [-0.15, -0.1) is 0 Å². The number of benzene rings is 1. The Morgan fingerprint density at radius 2 is 1.70 bits per heavy atom. The maximum absolute atomic E-state index is 13.0. The van der Waals surface area contributed by atoms with Crippen LogP contribution in [-0.4, -0.2) is 35.6 Å². The maximum Gasteiger partial charge on any atom is 0.340 e. The lowest BCUT2D eigenvalue weighted by molar-refractivity contribution is -0.384. The number of hydrogen-bond donors (Lipinski definition) is 0. The predicted molar refractivity (Wildman–Crippen MR) is 121 cm³/mol. The Bertz CT molecular complexity index is 1070. The first-order valence-corrected chi connectivity index (χ1v) is 10.7. The van der Waals surface area contributed by atoms with Crippen molar-refractivity contribution in [1.29, 1.82) is 5.26 Å². The fraction of sp³-hybridized carbons (Fsp3) is 0.417. The van der Waals surface area contributed by atoms with Gasteiger partial charge in [0.05, 0.1) is 47.2 Å². The monoisotopic (exact) mass is 453 g/mol. The first-order chi connectivity index (χ1) is 15.8. The number of methoxy groups -OCH3 is 1. The topological polar surface area (TPSA) is 132 Å². The van der Waals surface area contributed by atoms with Crippen molar-refractivity contribution in [3.63, 3.8) is 0 Å². The molecule has 0 N–H and O–H groups in total. The summed E-state index contributed by atoms with van der Waals surface area (Å²) in [7, 11) is 1.22. The van der Waals surface area contributed by atoms with Crippen LogP contribution in [0.4, 0.5) is 5.69 Å². The highest BCUT2D eigenvalue weighted by molar-refractivity contribution is 6.07. The number of nitro groups is 1. The van der Waals surface area contributed by atoms with E-state index < -0.39 is 16.9 Å². The Labute approximate surface area is 192 Å². The minimum Gasteiger partial charge on any atom is -0.465 e. The molecule has 0 fully saturated rings. The maximum atomic E-state index is 13.0. The molecule has 1 heterocycles. The first kappa shape index (κ1) is 25.5. The van der Waals surface area contributed by atoms with E-state index in [1.54, 1.807) is 19.9 Å². The third-order valence-corrected chi connectivity index (χ3v) is 5.16. The van der Waals surface area contributed by atoms with Crippen LogP contribution in [0.3, 0.4) is 0 Å². The van der Waals surface area contributed by atoms with Crippen molar-refractivity contribution < 1.29 is 24.0 Å². The highest BCUT2D eigenvalue weighted by Gasteiger charge is 2.28. The van der Waals surface area contributed by atoms with Crippen molar-refractivity contribution in [2.75, 3.05) is 13.7 Å². The van der Waals surface area contributed by atoms with Crippen LogP contribution >= 0.6 is 0 Å². The number of carbonyl (C=O) groups is 2. The van der Waals surface area contributed by atoms with E-state index in [2.05, 4.69) is 11.1 Å². The molecule has 0 aliphatic rings. The zero-order valence-electron chi connectivity index (χ0n) is 19.1. The quantitative estimate of drug-likeness (QED) is 0.199. The lowest BCUT2D eigenvalue weighted by atomic mass is 9.92. The summed E-state index contributed by atoms with van der Waals surface area (Å²) in [5, 5.41) is 19.8. The molecule has 0 aliphatic heterocycles. The molecular formula is C24H27N3O6. The van der Waals surface area contributed by atoms with Crippen LogP contribution < -0.4 is 0 Å². The number of esters is 2. The predicted octanol–water partition coefficient (Wildman–Crippen LogP) is 5.08. The molecule has 9 heteroatoms. The molecule has 0 bridgehead atoms. The molecule has 0 atom stereocenters. The summed E-state index contributed by atoms with van der Waals surface area (Å²) in [4.78, 5) is 40.7. The van der Waals surface area contributed by atoms with E-state index in [0.29, 0.717) is 29.8 Å². The SMILES string of the molecule is COC(=O)c1c(C)nc(C)c(C(=O)OCCCCCCCC#N)c1-c1cccc([N+](=O)[O-])c1. The highest BCUT2D eigenvalue weighted by atomic mass is 16.6. The van der Waals surface area contributed by atoms with E-state index in [4.69, 9.17) is 14.7 Å². The average Bonchev–Trinajstić information content (AvgIpc) is 2.79. The molecule has 0 spiro atoms. The number of unbranched alkanes of at least 4 members (excludes halogenated alkanes) is 5. The second-order valence-corrected chi connectivity index (χ2v) is 7.52. The molecule has 0 radical (unpaired) electrons. The standard InChI is InChI=1S/C24H27N3O6/c1-16-20(23(28)32-3)22(18-11-10-12-19(15-18)27(30)31)21(17(2)26-16)24(29)33-14-9-7-5-4-6-8-13-25/h10-12,15H,4-9,14H2,1-3H3. The number of nitro benzene ring substituents is 1. The van der Waals surface area contributed by atoms with Crippen LogP contribution in [-0.2, 0) is 9.47 Å². The zero-order valence-corrected chi connectivity index (χ0v) is 19.1. The van der Waals surface area contributed by atoms with Gasteiger partial charge in [-0.3, -0.25) is 15.1 Å². The third-order valence-electron chi connectivity index (χ3n) is 5.16. The number of nitrogens with zero attached hydrogens (tertiary/aromatic N) is 3. The lowest BCUT2D eigenvalue weighted by Gasteiger charge is -2.17. The number of non-ortho nitro benzene ring substituents is 1. The van der Waals surface area contributed by atoms with Crippen molar-refractivity contribution in [1.82, 2.24) is 4.98 Å². The summed E-state index contributed by atoms with van der Waals surface area (Å²) >= 11 is 0. The number of ether oxygens (including phenoxy) is 2. The second-order valence-electron chi connectivity index (χ2n) is 7.52. The van der Waals surface area contributed by atoms with Crippen LogP contribution in [0.15, 0.2) is 24.3 Å². The number of hydrogen-bond acceptors (Lipinski definition) is 8. The van der Waals surface area contributed by atoms with Gasteiger partial charge in [-0.1, -0.05) is 31.4 Å². The molecule has 1 aromatic carbocycles. The number of carbonyl (C=O) groups excluding carboxylic acids is 2. The van der Waals surface area contributed by atoms with E-state index in [1.165, 1.54) is 25.3 Å². The molecule has 0 unspecified atom stereocenters. The van der Waals surface area contributed by atoms with Gasteiger partial charge < -0.3 is 9.47 Å². The number of nitriles is 1. The Balaban J connectivity index is 2.37. The average molecular weight is 453 g/mol.